The third-order valence-electron chi connectivity index (χ3n) is 4.61. The van der Waals surface area contributed by atoms with Crippen molar-refractivity contribution < 1.29 is 26.8 Å². The summed E-state index contributed by atoms with van der Waals surface area (Å²) in [5, 5.41) is 2.57. The van der Waals surface area contributed by atoms with Crippen LogP contribution in [0.2, 0.25) is 0 Å². The fourth-order valence-electron chi connectivity index (χ4n) is 3.02. The van der Waals surface area contributed by atoms with E-state index in [0.29, 0.717) is 5.56 Å². The zero-order valence-electron chi connectivity index (χ0n) is 15.7. The van der Waals surface area contributed by atoms with E-state index in [9.17, 15) is 22.4 Å². The predicted octanol–water partition coefficient (Wildman–Crippen LogP) is 0.865. The second-order valence-corrected chi connectivity index (χ2v) is 8.73. The predicted molar refractivity (Wildman–Crippen MR) is 103 cm³/mol. The number of rotatable bonds is 7. The van der Waals surface area contributed by atoms with Crippen molar-refractivity contribution in [2.75, 3.05) is 38.5 Å². The first-order valence-corrected chi connectivity index (χ1v) is 10.8. The molecule has 2 amide bonds. The summed E-state index contributed by atoms with van der Waals surface area (Å²) in [5.41, 5.74) is 0.643. The number of halogens is 1. The van der Waals surface area contributed by atoms with Crippen molar-refractivity contribution in [3.05, 3.63) is 59.8 Å². The van der Waals surface area contributed by atoms with E-state index in [1.165, 1.54) is 34.8 Å². The number of furan rings is 1. The van der Waals surface area contributed by atoms with E-state index in [1.807, 2.05) is 0 Å². The highest BCUT2D eigenvalue weighted by atomic mass is 32.2. The van der Waals surface area contributed by atoms with E-state index < -0.39 is 10.0 Å². The van der Waals surface area contributed by atoms with Gasteiger partial charge < -0.3 is 14.6 Å². The molecule has 0 spiro atoms. The van der Waals surface area contributed by atoms with Crippen molar-refractivity contribution in [3.63, 3.8) is 0 Å². The molecule has 1 saturated heterocycles. The quantitative estimate of drug-likeness (QED) is 0.712. The lowest BCUT2D eigenvalue weighted by molar-refractivity contribution is -0.120. The van der Waals surface area contributed by atoms with E-state index >= 15 is 0 Å². The Morgan fingerprint density at radius 2 is 1.76 bits per heavy atom. The van der Waals surface area contributed by atoms with Crippen LogP contribution >= 0.6 is 0 Å². The largest absolute Gasteiger partial charge is 0.459 e. The molecule has 1 aliphatic rings. The fraction of sp³-hybridized carbons (Fsp3) is 0.368. The highest BCUT2D eigenvalue weighted by Crippen LogP contribution is 2.12. The monoisotopic (exact) mass is 423 g/mol. The van der Waals surface area contributed by atoms with Gasteiger partial charge in [0.05, 0.1) is 18.4 Å². The number of sulfonamides is 1. The highest BCUT2D eigenvalue weighted by molar-refractivity contribution is 7.89. The minimum absolute atomic E-state index is 0.0199. The average molecular weight is 423 g/mol. The molecule has 10 heteroatoms. The first-order chi connectivity index (χ1) is 13.8. The lowest BCUT2D eigenvalue weighted by atomic mass is 10.1. The summed E-state index contributed by atoms with van der Waals surface area (Å²) < 4.78 is 44.2. The molecule has 1 fully saturated rings. The minimum atomic E-state index is -3.55. The Kier molecular flexibility index (Phi) is 6.65. The van der Waals surface area contributed by atoms with Crippen LogP contribution in [0, 0.1) is 5.82 Å². The van der Waals surface area contributed by atoms with Gasteiger partial charge >= 0.3 is 0 Å². The maximum atomic E-state index is 12.9. The zero-order valence-corrected chi connectivity index (χ0v) is 16.5. The standard InChI is InChI=1S/C19H22FN3O5S/c20-16-5-3-15(4-6-16)14-18(24)21-7-13-29(26,27)23-10-8-22(9-11-23)19(25)17-2-1-12-28-17/h1-6,12H,7-11,13-14H2,(H,21,24). The molecule has 1 aliphatic heterocycles. The van der Waals surface area contributed by atoms with Gasteiger partial charge in [-0.15, -0.1) is 0 Å². The fourth-order valence-corrected chi connectivity index (χ4v) is 4.36. The highest BCUT2D eigenvalue weighted by Gasteiger charge is 2.29. The van der Waals surface area contributed by atoms with Crippen molar-refractivity contribution in [2.45, 2.75) is 6.42 Å². The molecule has 2 aromatic rings. The Labute approximate surface area is 168 Å². The summed E-state index contributed by atoms with van der Waals surface area (Å²) in [7, 11) is -3.55. The Balaban J connectivity index is 1.42. The molecule has 0 atom stereocenters. The number of nitrogens with zero attached hydrogens (tertiary/aromatic N) is 2. The number of carbonyl (C=O) groups is 2. The summed E-state index contributed by atoms with van der Waals surface area (Å²) >= 11 is 0. The molecule has 0 bridgehead atoms. The maximum Gasteiger partial charge on any atom is 0.289 e. The normalized spacial score (nSPS) is 15.3. The van der Waals surface area contributed by atoms with Gasteiger partial charge in [0.15, 0.2) is 5.76 Å². The first kappa shape index (κ1) is 21.0. The van der Waals surface area contributed by atoms with Gasteiger partial charge in [-0.1, -0.05) is 12.1 Å². The van der Waals surface area contributed by atoms with Gasteiger partial charge in [0.25, 0.3) is 5.91 Å². The van der Waals surface area contributed by atoms with E-state index in [4.69, 9.17) is 4.42 Å². The lowest BCUT2D eigenvalue weighted by Crippen LogP contribution is -2.51. The number of benzene rings is 1. The number of hydrogen-bond acceptors (Lipinski definition) is 5. The van der Waals surface area contributed by atoms with E-state index in [2.05, 4.69) is 5.32 Å². The summed E-state index contributed by atoms with van der Waals surface area (Å²) in [6.45, 7) is 0.913. The summed E-state index contributed by atoms with van der Waals surface area (Å²) in [6.07, 6.45) is 1.46. The molecular formula is C19H22FN3O5S. The van der Waals surface area contributed by atoms with Crippen LogP contribution in [0.1, 0.15) is 16.1 Å². The number of nitrogens with one attached hydrogen (secondary N) is 1. The van der Waals surface area contributed by atoms with Crippen LogP contribution in [0.4, 0.5) is 4.39 Å². The summed E-state index contributed by atoms with van der Waals surface area (Å²) in [5.74, 6) is -0.981. The second-order valence-electron chi connectivity index (χ2n) is 6.64. The van der Waals surface area contributed by atoms with E-state index in [1.54, 1.807) is 17.0 Å². The smallest absolute Gasteiger partial charge is 0.289 e. The Bertz CT molecular complexity index is 937. The van der Waals surface area contributed by atoms with Crippen molar-refractivity contribution in [3.8, 4) is 0 Å². The average Bonchev–Trinajstić information content (AvgIpc) is 3.24. The lowest BCUT2D eigenvalue weighted by Gasteiger charge is -2.33. The molecule has 1 N–H and O–H groups in total. The molecule has 0 saturated carbocycles. The molecule has 2 heterocycles. The summed E-state index contributed by atoms with van der Waals surface area (Å²) in [4.78, 5) is 25.7. The van der Waals surface area contributed by atoms with Crippen LogP contribution in [0.5, 0.6) is 0 Å². The van der Waals surface area contributed by atoms with Gasteiger partial charge in [0.2, 0.25) is 15.9 Å². The molecule has 0 unspecified atom stereocenters. The van der Waals surface area contributed by atoms with Gasteiger partial charge in [-0.3, -0.25) is 9.59 Å². The molecule has 0 radical (unpaired) electrons. The van der Waals surface area contributed by atoms with Crippen molar-refractivity contribution >= 4 is 21.8 Å². The molecule has 29 heavy (non-hydrogen) atoms. The van der Waals surface area contributed by atoms with Gasteiger partial charge in [0.1, 0.15) is 5.82 Å². The molecule has 1 aromatic carbocycles. The van der Waals surface area contributed by atoms with Gasteiger partial charge in [0, 0.05) is 32.7 Å². The number of hydrogen-bond donors (Lipinski definition) is 1. The van der Waals surface area contributed by atoms with Gasteiger partial charge in [-0.2, -0.15) is 4.31 Å². The van der Waals surface area contributed by atoms with E-state index in [0.717, 1.165) is 0 Å². The number of amides is 2. The van der Waals surface area contributed by atoms with E-state index in [-0.39, 0.29) is 68.3 Å². The Morgan fingerprint density at radius 1 is 1.07 bits per heavy atom. The van der Waals surface area contributed by atoms with Crippen LogP contribution in [0.15, 0.2) is 47.1 Å². The Morgan fingerprint density at radius 3 is 2.38 bits per heavy atom. The van der Waals surface area contributed by atoms with Crippen molar-refractivity contribution in [1.29, 1.82) is 0 Å². The second kappa shape index (κ2) is 9.19. The van der Waals surface area contributed by atoms with Crippen molar-refractivity contribution in [1.82, 2.24) is 14.5 Å². The van der Waals surface area contributed by atoms with Crippen LogP contribution in [-0.4, -0.2) is 67.9 Å². The molecule has 8 nitrogen and oxygen atoms in total. The Hall–Kier alpha value is -2.72. The van der Waals surface area contributed by atoms with Crippen LogP contribution in [0.25, 0.3) is 0 Å². The van der Waals surface area contributed by atoms with Crippen molar-refractivity contribution in [2.24, 2.45) is 0 Å². The van der Waals surface area contributed by atoms with Crippen LogP contribution in [0.3, 0.4) is 0 Å². The third-order valence-corrected chi connectivity index (χ3v) is 6.48. The molecular weight excluding hydrogens is 401 g/mol. The minimum Gasteiger partial charge on any atom is -0.459 e. The molecule has 3 rings (SSSR count). The topological polar surface area (TPSA) is 99.9 Å². The molecule has 156 valence electrons. The number of carbonyl (C=O) groups excluding carboxylic acids is 2. The zero-order chi connectivity index (χ0) is 20.9. The summed E-state index contributed by atoms with van der Waals surface area (Å²) in [6, 6.07) is 8.75. The van der Waals surface area contributed by atoms with Gasteiger partial charge in [-0.25, -0.2) is 12.8 Å². The van der Waals surface area contributed by atoms with Crippen LogP contribution in [-0.2, 0) is 21.2 Å². The molecule has 1 aromatic heterocycles. The maximum absolute atomic E-state index is 12.9. The first-order valence-electron chi connectivity index (χ1n) is 9.17. The third kappa shape index (κ3) is 5.64. The SMILES string of the molecule is O=C(Cc1ccc(F)cc1)NCCS(=O)(=O)N1CCN(C(=O)c2ccco2)CC1. The number of piperazine rings is 1. The van der Waals surface area contributed by atoms with Gasteiger partial charge in [-0.05, 0) is 29.8 Å². The van der Waals surface area contributed by atoms with Crippen LogP contribution < -0.4 is 5.32 Å². The molecule has 0 aliphatic carbocycles.